The van der Waals surface area contributed by atoms with E-state index in [1.165, 1.54) is 18.6 Å². The van der Waals surface area contributed by atoms with Gasteiger partial charge in [-0.25, -0.2) is 4.79 Å². The quantitative estimate of drug-likeness (QED) is 0.662. The Kier molecular flexibility index (Phi) is 5.59. The van der Waals surface area contributed by atoms with E-state index in [0.29, 0.717) is 12.0 Å². The number of nitrogens with one attached hydrogen (secondary N) is 2. The van der Waals surface area contributed by atoms with Crippen LogP contribution in [0.1, 0.15) is 30.1 Å². The van der Waals surface area contributed by atoms with E-state index >= 15 is 0 Å². The first-order chi connectivity index (χ1) is 9.04. The maximum Gasteiger partial charge on any atom is 0.326 e. The Morgan fingerprint density at radius 2 is 2.16 bits per heavy atom. The van der Waals surface area contributed by atoms with Gasteiger partial charge in [0.2, 0.25) is 5.91 Å². The molecule has 104 valence electrons. The molecule has 0 aliphatic heterocycles. The summed E-state index contributed by atoms with van der Waals surface area (Å²) in [5.41, 5.74) is 0.373. The molecule has 1 unspecified atom stereocenters. The van der Waals surface area contributed by atoms with Crippen LogP contribution in [-0.4, -0.2) is 35.5 Å². The largest absolute Gasteiger partial charge is 0.480 e. The molecule has 1 aromatic heterocycles. The highest BCUT2D eigenvalue weighted by molar-refractivity contribution is 5.94. The van der Waals surface area contributed by atoms with Crippen molar-refractivity contribution in [3.63, 3.8) is 0 Å². The van der Waals surface area contributed by atoms with E-state index in [0.717, 1.165) is 0 Å². The van der Waals surface area contributed by atoms with Crippen molar-refractivity contribution >= 4 is 17.8 Å². The van der Waals surface area contributed by atoms with Gasteiger partial charge in [0.05, 0.1) is 11.8 Å². The van der Waals surface area contributed by atoms with Crippen LogP contribution in [0.15, 0.2) is 23.0 Å². The SMILES string of the molecule is CCC(NC(=O)CCNC(=O)c1ccoc1)C(=O)O. The third kappa shape index (κ3) is 4.82. The van der Waals surface area contributed by atoms with E-state index in [4.69, 9.17) is 9.52 Å². The molecule has 1 aromatic rings. The third-order valence-corrected chi connectivity index (χ3v) is 2.46. The van der Waals surface area contributed by atoms with Crippen LogP contribution in [-0.2, 0) is 9.59 Å². The van der Waals surface area contributed by atoms with E-state index in [2.05, 4.69) is 10.6 Å². The molecule has 0 aliphatic carbocycles. The lowest BCUT2D eigenvalue weighted by molar-refractivity contribution is -0.141. The summed E-state index contributed by atoms with van der Waals surface area (Å²) in [5.74, 6) is -1.83. The standard InChI is InChI=1S/C12H16N2O5/c1-2-9(12(17)18)14-10(15)3-5-13-11(16)8-4-6-19-7-8/h4,6-7,9H,2-3,5H2,1H3,(H,13,16)(H,14,15)(H,17,18). The van der Waals surface area contributed by atoms with Crippen LogP contribution in [0.2, 0.25) is 0 Å². The van der Waals surface area contributed by atoms with Crippen molar-refractivity contribution in [3.8, 4) is 0 Å². The molecule has 0 radical (unpaired) electrons. The Labute approximate surface area is 110 Å². The summed E-state index contributed by atoms with van der Waals surface area (Å²) in [6.45, 7) is 1.80. The number of aliphatic carboxylic acids is 1. The number of carboxylic acids is 1. The van der Waals surface area contributed by atoms with Crippen molar-refractivity contribution in [2.24, 2.45) is 0 Å². The Morgan fingerprint density at radius 1 is 1.42 bits per heavy atom. The van der Waals surface area contributed by atoms with E-state index in [1.54, 1.807) is 6.92 Å². The van der Waals surface area contributed by atoms with Crippen molar-refractivity contribution < 1.29 is 23.9 Å². The van der Waals surface area contributed by atoms with Crippen LogP contribution in [0.5, 0.6) is 0 Å². The number of hydrogen-bond acceptors (Lipinski definition) is 4. The first-order valence-electron chi connectivity index (χ1n) is 5.87. The number of hydrogen-bond donors (Lipinski definition) is 3. The molecular weight excluding hydrogens is 252 g/mol. The highest BCUT2D eigenvalue weighted by Crippen LogP contribution is 1.99. The van der Waals surface area contributed by atoms with Gasteiger partial charge in [0.1, 0.15) is 12.3 Å². The second-order valence-electron chi connectivity index (χ2n) is 3.88. The highest BCUT2D eigenvalue weighted by Gasteiger charge is 2.17. The van der Waals surface area contributed by atoms with Crippen LogP contribution in [0, 0.1) is 0 Å². The molecule has 19 heavy (non-hydrogen) atoms. The monoisotopic (exact) mass is 268 g/mol. The molecule has 7 nitrogen and oxygen atoms in total. The van der Waals surface area contributed by atoms with Crippen molar-refractivity contribution in [1.82, 2.24) is 10.6 Å². The topological polar surface area (TPSA) is 109 Å². The number of carbonyl (C=O) groups excluding carboxylic acids is 2. The normalized spacial score (nSPS) is 11.6. The summed E-state index contributed by atoms with van der Waals surface area (Å²) in [6, 6.07) is 0.615. The van der Waals surface area contributed by atoms with Gasteiger partial charge >= 0.3 is 5.97 Å². The number of carbonyl (C=O) groups is 3. The minimum Gasteiger partial charge on any atom is -0.480 e. The summed E-state index contributed by atoms with van der Waals surface area (Å²) < 4.78 is 4.75. The van der Waals surface area contributed by atoms with Gasteiger partial charge in [-0.15, -0.1) is 0 Å². The van der Waals surface area contributed by atoms with Gasteiger partial charge in [0.25, 0.3) is 5.91 Å². The van der Waals surface area contributed by atoms with Crippen LogP contribution in [0.4, 0.5) is 0 Å². The predicted molar refractivity (Wildman–Crippen MR) is 65.5 cm³/mol. The molecule has 0 spiro atoms. The summed E-state index contributed by atoms with van der Waals surface area (Å²) in [7, 11) is 0. The van der Waals surface area contributed by atoms with Crippen LogP contribution < -0.4 is 10.6 Å². The first-order valence-corrected chi connectivity index (χ1v) is 5.87. The number of amides is 2. The molecule has 0 aliphatic rings. The zero-order valence-electron chi connectivity index (χ0n) is 10.5. The Hall–Kier alpha value is -2.31. The van der Waals surface area contributed by atoms with Gasteiger partial charge in [0, 0.05) is 13.0 Å². The van der Waals surface area contributed by atoms with Crippen LogP contribution >= 0.6 is 0 Å². The first kappa shape index (κ1) is 14.7. The van der Waals surface area contributed by atoms with Crippen LogP contribution in [0.3, 0.4) is 0 Å². The molecule has 0 aromatic carbocycles. The molecule has 0 bridgehead atoms. The van der Waals surface area contributed by atoms with Gasteiger partial charge in [-0.1, -0.05) is 6.92 Å². The number of rotatable bonds is 7. The Bertz CT molecular complexity index is 441. The fourth-order valence-electron chi connectivity index (χ4n) is 1.39. The lowest BCUT2D eigenvalue weighted by Gasteiger charge is -2.12. The van der Waals surface area contributed by atoms with Crippen LogP contribution in [0.25, 0.3) is 0 Å². The zero-order valence-corrected chi connectivity index (χ0v) is 10.5. The van der Waals surface area contributed by atoms with E-state index in [9.17, 15) is 14.4 Å². The second kappa shape index (κ2) is 7.20. The summed E-state index contributed by atoms with van der Waals surface area (Å²) in [6.07, 6.45) is 3.00. The zero-order chi connectivity index (χ0) is 14.3. The molecular formula is C12H16N2O5. The second-order valence-corrected chi connectivity index (χ2v) is 3.88. The van der Waals surface area contributed by atoms with Gasteiger partial charge in [-0.2, -0.15) is 0 Å². The summed E-state index contributed by atoms with van der Waals surface area (Å²) >= 11 is 0. The highest BCUT2D eigenvalue weighted by atomic mass is 16.4. The molecule has 1 heterocycles. The molecule has 0 saturated heterocycles. The fraction of sp³-hybridized carbons (Fsp3) is 0.417. The molecule has 2 amide bonds. The van der Waals surface area contributed by atoms with Crippen molar-refractivity contribution in [2.75, 3.05) is 6.54 Å². The van der Waals surface area contributed by atoms with E-state index < -0.39 is 17.9 Å². The number of furan rings is 1. The van der Waals surface area contributed by atoms with Crippen molar-refractivity contribution in [1.29, 1.82) is 0 Å². The van der Waals surface area contributed by atoms with Gasteiger partial charge < -0.3 is 20.2 Å². The third-order valence-electron chi connectivity index (χ3n) is 2.46. The summed E-state index contributed by atoms with van der Waals surface area (Å²) in [5, 5.41) is 13.7. The molecule has 1 rings (SSSR count). The average molecular weight is 268 g/mol. The fourth-order valence-corrected chi connectivity index (χ4v) is 1.39. The lowest BCUT2D eigenvalue weighted by Crippen LogP contribution is -2.41. The summed E-state index contributed by atoms with van der Waals surface area (Å²) in [4.78, 5) is 33.6. The maximum absolute atomic E-state index is 11.5. The maximum atomic E-state index is 11.5. The van der Waals surface area contributed by atoms with E-state index in [-0.39, 0.29) is 18.9 Å². The molecule has 0 saturated carbocycles. The molecule has 7 heteroatoms. The molecule has 1 atom stereocenters. The van der Waals surface area contributed by atoms with Gasteiger partial charge in [-0.05, 0) is 12.5 Å². The van der Waals surface area contributed by atoms with E-state index in [1.807, 2.05) is 0 Å². The Morgan fingerprint density at radius 3 is 2.68 bits per heavy atom. The van der Waals surface area contributed by atoms with Gasteiger partial charge in [-0.3, -0.25) is 9.59 Å². The Balaban J connectivity index is 2.27. The van der Waals surface area contributed by atoms with Gasteiger partial charge in [0.15, 0.2) is 0 Å². The molecule has 3 N–H and O–H groups in total. The van der Waals surface area contributed by atoms with Crippen molar-refractivity contribution in [2.45, 2.75) is 25.8 Å². The predicted octanol–water partition coefficient (Wildman–Crippen LogP) is 0.379. The minimum atomic E-state index is -1.07. The lowest BCUT2D eigenvalue weighted by atomic mass is 10.2. The smallest absolute Gasteiger partial charge is 0.326 e. The average Bonchev–Trinajstić information content (AvgIpc) is 2.89. The molecule has 0 fully saturated rings. The number of carboxylic acid groups (broad SMARTS) is 1. The minimum absolute atomic E-state index is 0.0212. The van der Waals surface area contributed by atoms with Crippen molar-refractivity contribution in [3.05, 3.63) is 24.2 Å².